The molecular weight excluding hydrogens is 415 g/mol. The molecule has 31 heavy (non-hydrogen) atoms. The van der Waals surface area contributed by atoms with Crippen molar-refractivity contribution in [1.82, 2.24) is 9.78 Å². The molecule has 1 heterocycles. The zero-order valence-corrected chi connectivity index (χ0v) is 16.3. The molecule has 0 unspecified atom stereocenters. The minimum absolute atomic E-state index is 0.00668. The molecule has 0 saturated carbocycles. The van der Waals surface area contributed by atoms with Gasteiger partial charge >= 0.3 is 12.1 Å². The number of amides is 1. The van der Waals surface area contributed by atoms with Crippen LogP contribution < -0.4 is 10.1 Å². The van der Waals surface area contributed by atoms with Crippen LogP contribution in [0.25, 0.3) is 5.69 Å². The SMILES string of the molecule is CCOC(=O)c1cnn(-c2ccccc2)c1OCC(=O)Nc1ccc(C(F)(F)F)cc1. The van der Waals surface area contributed by atoms with E-state index in [4.69, 9.17) is 9.47 Å². The van der Waals surface area contributed by atoms with Gasteiger partial charge in [-0.15, -0.1) is 0 Å². The molecule has 1 aromatic heterocycles. The molecule has 10 heteroatoms. The van der Waals surface area contributed by atoms with Crippen LogP contribution >= 0.6 is 0 Å². The van der Waals surface area contributed by atoms with Gasteiger partial charge in [0.2, 0.25) is 5.88 Å². The highest BCUT2D eigenvalue weighted by Gasteiger charge is 2.30. The lowest BCUT2D eigenvalue weighted by Crippen LogP contribution is -2.22. The summed E-state index contributed by atoms with van der Waals surface area (Å²) in [5, 5.41) is 6.58. The first-order valence-corrected chi connectivity index (χ1v) is 9.20. The Kier molecular flexibility index (Phi) is 6.58. The van der Waals surface area contributed by atoms with Gasteiger partial charge in [-0.3, -0.25) is 4.79 Å². The van der Waals surface area contributed by atoms with Crippen molar-refractivity contribution in [2.24, 2.45) is 0 Å². The summed E-state index contributed by atoms with van der Waals surface area (Å²) in [7, 11) is 0. The molecule has 2 aromatic carbocycles. The van der Waals surface area contributed by atoms with Crippen molar-refractivity contribution in [3.05, 3.63) is 71.9 Å². The van der Waals surface area contributed by atoms with E-state index in [9.17, 15) is 22.8 Å². The second-order valence-electron chi connectivity index (χ2n) is 6.24. The Bertz CT molecular complexity index is 1050. The molecule has 7 nitrogen and oxygen atoms in total. The van der Waals surface area contributed by atoms with Gasteiger partial charge in [0.05, 0.1) is 24.1 Å². The van der Waals surface area contributed by atoms with Crippen LogP contribution in [0.5, 0.6) is 5.88 Å². The van der Waals surface area contributed by atoms with Crippen LogP contribution in [0.3, 0.4) is 0 Å². The maximum Gasteiger partial charge on any atom is 0.416 e. The summed E-state index contributed by atoms with van der Waals surface area (Å²) in [6.07, 6.45) is -3.20. The van der Waals surface area contributed by atoms with E-state index in [2.05, 4.69) is 10.4 Å². The van der Waals surface area contributed by atoms with Gasteiger partial charge < -0.3 is 14.8 Å². The van der Waals surface area contributed by atoms with Gasteiger partial charge in [0.1, 0.15) is 5.56 Å². The molecular formula is C21H18F3N3O4. The number of alkyl halides is 3. The monoisotopic (exact) mass is 433 g/mol. The van der Waals surface area contributed by atoms with E-state index < -0.39 is 30.2 Å². The quantitative estimate of drug-likeness (QED) is 0.568. The largest absolute Gasteiger partial charge is 0.467 e. The Morgan fingerprint density at radius 3 is 2.35 bits per heavy atom. The second kappa shape index (κ2) is 9.33. The maximum absolute atomic E-state index is 12.6. The fourth-order valence-electron chi connectivity index (χ4n) is 2.65. The van der Waals surface area contributed by atoms with Crippen LogP contribution in [-0.2, 0) is 15.7 Å². The van der Waals surface area contributed by atoms with Crippen LogP contribution in [0.1, 0.15) is 22.8 Å². The van der Waals surface area contributed by atoms with E-state index in [1.807, 2.05) is 0 Å². The van der Waals surface area contributed by atoms with E-state index in [1.165, 1.54) is 10.9 Å². The van der Waals surface area contributed by atoms with Crippen molar-refractivity contribution < 1.29 is 32.2 Å². The third-order valence-corrected chi connectivity index (χ3v) is 4.06. The Labute approximate surface area is 175 Å². The number of carbonyl (C=O) groups excluding carboxylic acids is 2. The zero-order valence-electron chi connectivity index (χ0n) is 16.3. The fraction of sp³-hybridized carbons (Fsp3) is 0.190. The molecule has 3 rings (SSSR count). The predicted molar refractivity (Wildman–Crippen MR) is 105 cm³/mol. The van der Waals surface area contributed by atoms with Crippen LogP contribution in [0.2, 0.25) is 0 Å². The van der Waals surface area contributed by atoms with Crippen molar-refractivity contribution in [3.63, 3.8) is 0 Å². The molecule has 0 saturated heterocycles. The lowest BCUT2D eigenvalue weighted by Gasteiger charge is -2.12. The molecule has 0 bridgehead atoms. The van der Waals surface area contributed by atoms with E-state index in [0.29, 0.717) is 5.69 Å². The van der Waals surface area contributed by atoms with Gasteiger partial charge in [-0.1, -0.05) is 18.2 Å². The predicted octanol–water partition coefficient (Wildman–Crippen LogP) is 4.09. The highest BCUT2D eigenvalue weighted by molar-refractivity contribution is 5.93. The Morgan fingerprint density at radius 2 is 1.74 bits per heavy atom. The molecule has 1 N–H and O–H groups in total. The summed E-state index contributed by atoms with van der Waals surface area (Å²) >= 11 is 0. The highest BCUT2D eigenvalue weighted by atomic mass is 19.4. The van der Waals surface area contributed by atoms with Crippen LogP contribution in [0.4, 0.5) is 18.9 Å². The number of rotatable bonds is 7. The van der Waals surface area contributed by atoms with Gasteiger partial charge in [-0.25, -0.2) is 9.48 Å². The minimum atomic E-state index is -4.47. The van der Waals surface area contributed by atoms with Crippen molar-refractivity contribution in [2.45, 2.75) is 13.1 Å². The van der Waals surface area contributed by atoms with E-state index >= 15 is 0 Å². The number of benzene rings is 2. The minimum Gasteiger partial charge on any atom is -0.467 e. The first-order valence-electron chi connectivity index (χ1n) is 9.20. The first-order chi connectivity index (χ1) is 14.8. The highest BCUT2D eigenvalue weighted by Crippen LogP contribution is 2.30. The number of anilines is 1. The zero-order chi connectivity index (χ0) is 22.4. The summed E-state index contributed by atoms with van der Waals surface area (Å²) < 4.78 is 49.8. The number of aromatic nitrogens is 2. The third-order valence-electron chi connectivity index (χ3n) is 4.06. The van der Waals surface area contributed by atoms with Gasteiger partial charge in [-0.2, -0.15) is 18.3 Å². The molecule has 0 aliphatic rings. The number of ether oxygens (including phenoxy) is 2. The topological polar surface area (TPSA) is 82.4 Å². The first kappa shape index (κ1) is 21.9. The lowest BCUT2D eigenvalue weighted by molar-refractivity contribution is -0.137. The lowest BCUT2D eigenvalue weighted by atomic mass is 10.2. The number of nitrogens with one attached hydrogen (secondary N) is 1. The summed E-state index contributed by atoms with van der Waals surface area (Å²) in [6, 6.07) is 12.8. The molecule has 0 spiro atoms. The van der Waals surface area contributed by atoms with Gasteiger partial charge in [0, 0.05) is 5.69 Å². The molecule has 0 atom stereocenters. The smallest absolute Gasteiger partial charge is 0.416 e. The number of hydrogen-bond donors (Lipinski definition) is 1. The number of halogens is 3. The number of nitrogens with zero attached hydrogens (tertiary/aromatic N) is 2. The summed E-state index contributed by atoms with van der Waals surface area (Å²) in [5.41, 5.74) is -0.0272. The average Bonchev–Trinajstić information content (AvgIpc) is 3.17. The summed E-state index contributed by atoms with van der Waals surface area (Å²) in [4.78, 5) is 24.5. The van der Waals surface area contributed by atoms with E-state index in [1.54, 1.807) is 37.3 Å². The molecule has 0 radical (unpaired) electrons. The summed E-state index contributed by atoms with van der Waals surface area (Å²) in [6.45, 7) is 1.28. The normalized spacial score (nSPS) is 11.1. The molecule has 0 aliphatic heterocycles. The fourth-order valence-corrected chi connectivity index (χ4v) is 2.65. The van der Waals surface area contributed by atoms with Gasteiger partial charge in [0.15, 0.2) is 6.61 Å². The van der Waals surface area contributed by atoms with Crippen molar-refractivity contribution in [3.8, 4) is 11.6 Å². The Hall–Kier alpha value is -3.82. The number of hydrogen-bond acceptors (Lipinski definition) is 5. The van der Waals surface area contributed by atoms with Gasteiger partial charge in [0.25, 0.3) is 5.91 Å². The van der Waals surface area contributed by atoms with Crippen molar-refractivity contribution in [1.29, 1.82) is 0 Å². The number of para-hydroxylation sites is 1. The second-order valence-corrected chi connectivity index (χ2v) is 6.24. The standard InChI is InChI=1S/C21H18F3N3O4/c1-2-30-20(29)17-12-25-27(16-6-4-3-5-7-16)19(17)31-13-18(28)26-15-10-8-14(9-11-15)21(22,23)24/h3-12H,2,13H2,1H3,(H,26,28). The van der Waals surface area contributed by atoms with Crippen LogP contribution in [-0.4, -0.2) is 34.9 Å². The van der Waals surface area contributed by atoms with E-state index in [0.717, 1.165) is 24.3 Å². The number of carbonyl (C=O) groups is 2. The maximum atomic E-state index is 12.6. The molecule has 1 amide bonds. The van der Waals surface area contributed by atoms with Crippen LogP contribution in [0.15, 0.2) is 60.8 Å². The average molecular weight is 433 g/mol. The number of esters is 1. The van der Waals surface area contributed by atoms with E-state index in [-0.39, 0.29) is 23.7 Å². The van der Waals surface area contributed by atoms with Crippen molar-refractivity contribution >= 4 is 17.6 Å². The summed E-state index contributed by atoms with van der Waals surface area (Å²) in [5.74, 6) is -1.29. The molecule has 3 aromatic rings. The van der Waals surface area contributed by atoms with Gasteiger partial charge in [-0.05, 0) is 43.3 Å². The molecule has 0 fully saturated rings. The van der Waals surface area contributed by atoms with Crippen LogP contribution in [0, 0.1) is 0 Å². The molecule has 162 valence electrons. The Balaban J connectivity index is 1.74. The molecule has 0 aliphatic carbocycles. The van der Waals surface area contributed by atoms with Crippen molar-refractivity contribution in [2.75, 3.05) is 18.5 Å². The Morgan fingerprint density at radius 1 is 1.06 bits per heavy atom. The third kappa shape index (κ3) is 5.41.